The van der Waals surface area contributed by atoms with Crippen molar-refractivity contribution < 1.29 is 9.84 Å². The van der Waals surface area contributed by atoms with Gasteiger partial charge >= 0.3 is 0 Å². The molecular formula is C17H26O2. The van der Waals surface area contributed by atoms with Gasteiger partial charge in [-0.1, -0.05) is 0 Å². The highest BCUT2D eigenvalue weighted by atomic mass is 16.5. The van der Waals surface area contributed by atoms with Crippen LogP contribution in [0.15, 0.2) is 0 Å². The van der Waals surface area contributed by atoms with Crippen LogP contribution in [0.25, 0.3) is 0 Å². The molecule has 2 nitrogen and oxygen atoms in total. The Morgan fingerprint density at radius 3 is 1.89 bits per heavy atom. The van der Waals surface area contributed by atoms with E-state index in [1.54, 1.807) is 0 Å². The zero-order valence-electron chi connectivity index (χ0n) is 12.8. The van der Waals surface area contributed by atoms with Gasteiger partial charge in [-0.05, 0) is 87.3 Å². The Balaban J connectivity index is 2.43. The van der Waals surface area contributed by atoms with E-state index in [1.807, 2.05) is 0 Å². The first-order chi connectivity index (χ1) is 8.95. The molecule has 2 atom stereocenters. The van der Waals surface area contributed by atoms with Gasteiger partial charge in [-0.25, -0.2) is 0 Å². The van der Waals surface area contributed by atoms with Crippen molar-refractivity contribution in [3.63, 3.8) is 0 Å². The molecule has 1 aliphatic rings. The summed E-state index contributed by atoms with van der Waals surface area (Å²) < 4.78 is 5.76. The van der Waals surface area contributed by atoms with Crippen LogP contribution in [0.4, 0.5) is 0 Å². The molecule has 0 spiro atoms. The Morgan fingerprint density at radius 1 is 0.895 bits per heavy atom. The summed E-state index contributed by atoms with van der Waals surface area (Å²) >= 11 is 0. The quantitative estimate of drug-likeness (QED) is 0.877. The molecule has 0 amide bonds. The van der Waals surface area contributed by atoms with Crippen LogP contribution in [-0.2, 0) is 4.74 Å². The van der Waals surface area contributed by atoms with Crippen molar-refractivity contribution in [2.24, 2.45) is 0 Å². The molecule has 0 aromatic heterocycles. The van der Waals surface area contributed by atoms with Gasteiger partial charge in [-0.2, -0.15) is 0 Å². The molecule has 0 saturated carbocycles. The standard InChI is InChI=1S/C17H26O2/c1-10-11(2)13(4)16(14(5)12(10)3)17(18)15-8-6-7-9-19-15/h15,17-18H,6-9H2,1-5H3. The van der Waals surface area contributed by atoms with Gasteiger partial charge in [0.25, 0.3) is 0 Å². The second kappa shape index (κ2) is 5.64. The number of hydrogen-bond donors (Lipinski definition) is 1. The van der Waals surface area contributed by atoms with E-state index in [0.717, 1.165) is 31.4 Å². The van der Waals surface area contributed by atoms with Crippen LogP contribution in [-0.4, -0.2) is 17.8 Å². The lowest BCUT2D eigenvalue weighted by atomic mass is 9.85. The van der Waals surface area contributed by atoms with Gasteiger partial charge in [-0.3, -0.25) is 0 Å². The lowest BCUT2D eigenvalue weighted by Gasteiger charge is -2.30. The Kier molecular flexibility index (Phi) is 4.32. The molecule has 0 aliphatic carbocycles. The fraction of sp³-hybridized carbons (Fsp3) is 0.647. The molecule has 19 heavy (non-hydrogen) atoms. The highest BCUT2D eigenvalue weighted by Gasteiger charge is 2.27. The largest absolute Gasteiger partial charge is 0.386 e. The summed E-state index contributed by atoms with van der Waals surface area (Å²) in [6.07, 6.45) is 2.72. The number of aliphatic hydroxyl groups excluding tert-OH is 1. The predicted molar refractivity (Wildman–Crippen MR) is 78.7 cm³/mol. The first kappa shape index (κ1) is 14.5. The van der Waals surface area contributed by atoms with Crippen molar-refractivity contribution >= 4 is 0 Å². The second-order valence-electron chi connectivity index (χ2n) is 5.89. The van der Waals surface area contributed by atoms with E-state index in [2.05, 4.69) is 34.6 Å². The Labute approximate surface area is 116 Å². The third-order valence-corrected chi connectivity index (χ3v) is 4.92. The monoisotopic (exact) mass is 262 g/mol. The van der Waals surface area contributed by atoms with Gasteiger partial charge in [0, 0.05) is 6.61 Å². The number of aliphatic hydroxyl groups is 1. The van der Waals surface area contributed by atoms with Crippen molar-refractivity contribution in [3.05, 3.63) is 33.4 Å². The smallest absolute Gasteiger partial charge is 0.106 e. The first-order valence-corrected chi connectivity index (χ1v) is 7.31. The number of benzene rings is 1. The number of rotatable bonds is 2. The number of hydrogen-bond acceptors (Lipinski definition) is 2. The predicted octanol–water partition coefficient (Wildman–Crippen LogP) is 3.83. The van der Waals surface area contributed by atoms with Crippen LogP contribution >= 0.6 is 0 Å². The average Bonchev–Trinajstić information content (AvgIpc) is 2.44. The van der Waals surface area contributed by atoms with Gasteiger partial charge in [0.15, 0.2) is 0 Å². The summed E-state index contributed by atoms with van der Waals surface area (Å²) in [6, 6.07) is 0. The van der Waals surface area contributed by atoms with Gasteiger partial charge in [-0.15, -0.1) is 0 Å². The molecule has 106 valence electrons. The topological polar surface area (TPSA) is 29.5 Å². The molecule has 1 N–H and O–H groups in total. The molecule has 0 radical (unpaired) electrons. The van der Waals surface area contributed by atoms with Crippen LogP contribution in [0.1, 0.15) is 58.7 Å². The molecular weight excluding hydrogens is 236 g/mol. The molecule has 1 aliphatic heterocycles. The molecule has 1 aromatic carbocycles. The highest BCUT2D eigenvalue weighted by molar-refractivity contribution is 5.50. The fourth-order valence-corrected chi connectivity index (χ4v) is 3.17. The molecule has 1 fully saturated rings. The van der Waals surface area contributed by atoms with Gasteiger partial charge in [0.2, 0.25) is 0 Å². The van der Waals surface area contributed by atoms with Crippen molar-refractivity contribution in [1.29, 1.82) is 0 Å². The lowest BCUT2D eigenvalue weighted by molar-refractivity contribution is -0.0637. The van der Waals surface area contributed by atoms with Gasteiger partial charge in [0.05, 0.1) is 6.10 Å². The maximum absolute atomic E-state index is 10.7. The van der Waals surface area contributed by atoms with E-state index in [0.29, 0.717) is 0 Å². The molecule has 2 heteroatoms. The Bertz CT molecular complexity index is 442. The van der Waals surface area contributed by atoms with Crippen LogP contribution in [0.2, 0.25) is 0 Å². The molecule has 1 heterocycles. The third-order valence-electron chi connectivity index (χ3n) is 4.92. The van der Waals surface area contributed by atoms with E-state index in [4.69, 9.17) is 4.74 Å². The number of ether oxygens (including phenoxy) is 1. The Hall–Kier alpha value is -0.860. The first-order valence-electron chi connectivity index (χ1n) is 7.31. The summed E-state index contributed by atoms with van der Waals surface area (Å²) in [5, 5.41) is 10.7. The van der Waals surface area contributed by atoms with Crippen molar-refractivity contribution in [1.82, 2.24) is 0 Å². The molecule has 0 bridgehead atoms. The minimum absolute atomic E-state index is 0.0346. The molecule has 2 unspecified atom stereocenters. The summed E-state index contributed by atoms with van der Waals surface area (Å²) in [5.74, 6) is 0. The third kappa shape index (κ3) is 2.56. The van der Waals surface area contributed by atoms with Gasteiger partial charge < -0.3 is 9.84 Å². The van der Waals surface area contributed by atoms with Crippen molar-refractivity contribution in [3.8, 4) is 0 Å². The lowest BCUT2D eigenvalue weighted by Crippen LogP contribution is -2.27. The Morgan fingerprint density at radius 2 is 1.42 bits per heavy atom. The van der Waals surface area contributed by atoms with E-state index < -0.39 is 6.10 Å². The second-order valence-corrected chi connectivity index (χ2v) is 5.89. The fourth-order valence-electron chi connectivity index (χ4n) is 3.17. The molecule has 1 saturated heterocycles. The molecule has 1 aromatic rings. The van der Waals surface area contributed by atoms with Gasteiger partial charge in [0.1, 0.15) is 6.10 Å². The van der Waals surface area contributed by atoms with Crippen molar-refractivity contribution in [2.45, 2.75) is 66.1 Å². The normalized spacial score (nSPS) is 21.5. The van der Waals surface area contributed by atoms with E-state index in [1.165, 1.54) is 27.8 Å². The molecule has 2 rings (SSSR count). The van der Waals surface area contributed by atoms with Crippen LogP contribution in [0.5, 0.6) is 0 Å². The minimum Gasteiger partial charge on any atom is -0.386 e. The van der Waals surface area contributed by atoms with E-state index >= 15 is 0 Å². The maximum atomic E-state index is 10.7. The van der Waals surface area contributed by atoms with Crippen LogP contribution in [0, 0.1) is 34.6 Å². The summed E-state index contributed by atoms with van der Waals surface area (Å²) in [5.41, 5.74) is 7.48. The maximum Gasteiger partial charge on any atom is 0.106 e. The summed E-state index contributed by atoms with van der Waals surface area (Å²) in [6.45, 7) is 11.5. The summed E-state index contributed by atoms with van der Waals surface area (Å²) in [4.78, 5) is 0. The van der Waals surface area contributed by atoms with E-state index in [9.17, 15) is 5.11 Å². The minimum atomic E-state index is -0.488. The van der Waals surface area contributed by atoms with E-state index in [-0.39, 0.29) is 6.10 Å². The van der Waals surface area contributed by atoms with Crippen LogP contribution < -0.4 is 0 Å². The SMILES string of the molecule is Cc1c(C)c(C)c(C(O)C2CCCCO2)c(C)c1C. The summed E-state index contributed by atoms with van der Waals surface area (Å²) in [7, 11) is 0. The van der Waals surface area contributed by atoms with Crippen LogP contribution in [0.3, 0.4) is 0 Å². The zero-order valence-corrected chi connectivity index (χ0v) is 12.8. The highest BCUT2D eigenvalue weighted by Crippen LogP contribution is 2.34. The average molecular weight is 262 g/mol. The van der Waals surface area contributed by atoms with Crippen molar-refractivity contribution in [2.75, 3.05) is 6.61 Å². The zero-order chi connectivity index (χ0) is 14.2.